The van der Waals surface area contributed by atoms with Crippen molar-refractivity contribution >= 4 is 23.5 Å². The quantitative estimate of drug-likeness (QED) is 0.573. The Bertz CT molecular complexity index is 471. The van der Waals surface area contributed by atoms with Crippen LogP contribution in [0.2, 0.25) is 5.02 Å². The Balaban J connectivity index is 2.38. The van der Waals surface area contributed by atoms with E-state index in [2.05, 4.69) is 13.8 Å². The number of hydrogen-bond donors (Lipinski definition) is 0. The van der Waals surface area contributed by atoms with Crippen molar-refractivity contribution in [2.45, 2.75) is 26.7 Å². The molecule has 1 aromatic carbocycles. The second-order valence-corrected chi connectivity index (χ2v) is 5.86. The van der Waals surface area contributed by atoms with E-state index in [1.807, 2.05) is 0 Å². The van der Waals surface area contributed by atoms with E-state index in [4.69, 9.17) is 16.3 Å². The summed E-state index contributed by atoms with van der Waals surface area (Å²) in [5, 5.41) is 0.568. The van der Waals surface area contributed by atoms with Gasteiger partial charge in [0.15, 0.2) is 0 Å². The first kappa shape index (κ1) is 17.5. The van der Waals surface area contributed by atoms with Crippen LogP contribution in [0.4, 0.5) is 0 Å². The molecule has 0 atom stereocenters. The van der Waals surface area contributed by atoms with Gasteiger partial charge in [-0.05, 0) is 43.0 Å². The van der Waals surface area contributed by atoms with Gasteiger partial charge in [0, 0.05) is 17.6 Å². The Labute approximate surface area is 131 Å². The zero-order valence-corrected chi connectivity index (χ0v) is 13.5. The van der Waals surface area contributed by atoms with Crippen LogP contribution in [-0.2, 0) is 9.53 Å². The first-order chi connectivity index (χ1) is 9.90. The minimum absolute atomic E-state index is 0.0524. The van der Waals surface area contributed by atoms with Gasteiger partial charge in [-0.15, -0.1) is 0 Å². The average molecular weight is 312 g/mol. The molecule has 21 heavy (non-hydrogen) atoms. The van der Waals surface area contributed by atoms with Crippen LogP contribution in [0.5, 0.6) is 0 Å². The summed E-state index contributed by atoms with van der Waals surface area (Å²) in [5.74, 6) is -0.0211. The molecular formula is C16H22ClNO3. The lowest BCUT2D eigenvalue weighted by Gasteiger charge is -2.16. The maximum absolute atomic E-state index is 12.1. The average Bonchev–Trinajstić information content (AvgIpc) is 2.43. The van der Waals surface area contributed by atoms with E-state index in [0.29, 0.717) is 23.1 Å². The van der Waals surface area contributed by atoms with Gasteiger partial charge < -0.3 is 9.64 Å². The van der Waals surface area contributed by atoms with Gasteiger partial charge in [0.1, 0.15) is 6.54 Å². The zero-order valence-electron chi connectivity index (χ0n) is 12.8. The summed E-state index contributed by atoms with van der Waals surface area (Å²) in [7, 11) is 1.58. The van der Waals surface area contributed by atoms with Crippen molar-refractivity contribution in [1.82, 2.24) is 4.90 Å². The fourth-order valence-electron chi connectivity index (χ4n) is 1.80. The third kappa shape index (κ3) is 6.63. The first-order valence-electron chi connectivity index (χ1n) is 7.06. The molecule has 1 aromatic rings. The molecule has 0 N–H and O–H groups in total. The number of amides is 1. The predicted molar refractivity (Wildman–Crippen MR) is 83.4 cm³/mol. The van der Waals surface area contributed by atoms with Crippen molar-refractivity contribution in [3.05, 3.63) is 34.9 Å². The fourth-order valence-corrected chi connectivity index (χ4v) is 1.93. The number of carbonyl (C=O) groups is 2. The lowest BCUT2D eigenvalue weighted by molar-refractivity contribution is -0.144. The number of benzene rings is 1. The zero-order chi connectivity index (χ0) is 15.8. The van der Waals surface area contributed by atoms with Gasteiger partial charge in [0.05, 0.1) is 6.61 Å². The van der Waals surface area contributed by atoms with E-state index in [1.165, 1.54) is 4.90 Å². The van der Waals surface area contributed by atoms with Crippen LogP contribution >= 0.6 is 11.6 Å². The van der Waals surface area contributed by atoms with Gasteiger partial charge in [-0.1, -0.05) is 25.4 Å². The first-order valence-corrected chi connectivity index (χ1v) is 7.44. The molecule has 116 valence electrons. The second-order valence-electron chi connectivity index (χ2n) is 5.42. The van der Waals surface area contributed by atoms with Gasteiger partial charge in [-0.3, -0.25) is 9.59 Å². The van der Waals surface area contributed by atoms with Gasteiger partial charge in [-0.2, -0.15) is 0 Å². The molecule has 5 heteroatoms. The summed E-state index contributed by atoms with van der Waals surface area (Å²) in [5.41, 5.74) is 0.495. The summed E-state index contributed by atoms with van der Waals surface area (Å²) in [6.45, 7) is 4.60. The van der Waals surface area contributed by atoms with Crippen molar-refractivity contribution in [2.24, 2.45) is 5.92 Å². The van der Waals surface area contributed by atoms with Crippen LogP contribution in [0.1, 0.15) is 37.0 Å². The molecule has 0 aliphatic rings. The number of carbonyl (C=O) groups excluding carboxylic acids is 2. The third-order valence-electron chi connectivity index (χ3n) is 2.99. The SMILES string of the molecule is CC(C)CCCOC(=O)CN(C)C(=O)c1ccc(Cl)cc1. The molecule has 0 aliphatic carbocycles. The highest BCUT2D eigenvalue weighted by Gasteiger charge is 2.15. The van der Waals surface area contributed by atoms with Crippen LogP contribution < -0.4 is 0 Å². The highest BCUT2D eigenvalue weighted by atomic mass is 35.5. The normalized spacial score (nSPS) is 10.5. The number of hydrogen-bond acceptors (Lipinski definition) is 3. The molecule has 0 aliphatic heterocycles. The molecule has 0 heterocycles. The largest absolute Gasteiger partial charge is 0.464 e. The highest BCUT2D eigenvalue weighted by molar-refractivity contribution is 6.30. The summed E-state index contributed by atoms with van der Waals surface area (Å²) < 4.78 is 5.11. The number of rotatable bonds is 7. The molecule has 0 saturated carbocycles. The van der Waals surface area contributed by atoms with Crippen LogP contribution in [0.15, 0.2) is 24.3 Å². The van der Waals surface area contributed by atoms with Crippen LogP contribution in [0.3, 0.4) is 0 Å². The van der Waals surface area contributed by atoms with Crippen molar-refractivity contribution in [2.75, 3.05) is 20.2 Å². The molecule has 0 spiro atoms. The Morgan fingerprint density at radius 2 is 1.86 bits per heavy atom. The molecule has 0 bridgehead atoms. The maximum atomic E-state index is 12.1. The summed E-state index contributed by atoms with van der Waals surface area (Å²) in [6.07, 6.45) is 1.87. The van der Waals surface area contributed by atoms with Crippen molar-refractivity contribution in [3.8, 4) is 0 Å². The number of nitrogens with zero attached hydrogens (tertiary/aromatic N) is 1. The molecule has 0 saturated heterocycles. The number of esters is 1. The van der Waals surface area contributed by atoms with Crippen molar-refractivity contribution < 1.29 is 14.3 Å². The Morgan fingerprint density at radius 3 is 2.43 bits per heavy atom. The number of halogens is 1. The molecule has 0 unspecified atom stereocenters. The van der Waals surface area contributed by atoms with E-state index in [9.17, 15) is 9.59 Å². The minimum Gasteiger partial charge on any atom is -0.464 e. The molecule has 1 amide bonds. The Hall–Kier alpha value is -1.55. The van der Waals surface area contributed by atoms with Gasteiger partial charge in [0.2, 0.25) is 0 Å². The monoisotopic (exact) mass is 311 g/mol. The third-order valence-corrected chi connectivity index (χ3v) is 3.24. The van der Waals surface area contributed by atoms with Crippen LogP contribution in [0.25, 0.3) is 0 Å². The predicted octanol–water partition coefficient (Wildman–Crippen LogP) is 3.39. The summed E-state index contributed by atoms with van der Waals surface area (Å²) in [6, 6.07) is 6.56. The molecular weight excluding hydrogens is 290 g/mol. The van der Waals surface area contributed by atoms with Gasteiger partial charge in [-0.25, -0.2) is 0 Å². The highest BCUT2D eigenvalue weighted by Crippen LogP contribution is 2.11. The molecule has 0 radical (unpaired) electrons. The van der Waals surface area contributed by atoms with Crippen molar-refractivity contribution in [3.63, 3.8) is 0 Å². The fraction of sp³-hybridized carbons (Fsp3) is 0.500. The number of ether oxygens (including phenoxy) is 1. The Morgan fingerprint density at radius 1 is 1.24 bits per heavy atom. The van der Waals surface area contributed by atoms with Crippen LogP contribution in [0, 0.1) is 5.92 Å². The molecule has 4 nitrogen and oxygen atoms in total. The topological polar surface area (TPSA) is 46.6 Å². The smallest absolute Gasteiger partial charge is 0.325 e. The lowest BCUT2D eigenvalue weighted by atomic mass is 10.1. The standard InChI is InChI=1S/C16H22ClNO3/c1-12(2)5-4-10-21-15(19)11-18(3)16(20)13-6-8-14(17)9-7-13/h6-9,12H,4-5,10-11H2,1-3H3. The van der Waals surface area contributed by atoms with E-state index >= 15 is 0 Å². The van der Waals surface area contributed by atoms with Gasteiger partial charge >= 0.3 is 5.97 Å². The Kier molecular flexibility index (Phi) is 7.23. The van der Waals surface area contributed by atoms with Gasteiger partial charge in [0.25, 0.3) is 5.91 Å². The lowest BCUT2D eigenvalue weighted by Crippen LogP contribution is -2.33. The van der Waals surface area contributed by atoms with E-state index in [-0.39, 0.29) is 18.4 Å². The van der Waals surface area contributed by atoms with E-state index in [1.54, 1.807) is 31.3 Å². The second kappa shape index (κ2) is 8.67. The summed E-state index contributed by atoms with van der Waals surface area (Å²) in [4.78, 5) is 25.1. The molecule has 1 rings (SSSR count). The van der Waals surface area contributed by atoms with E-state index < -0.39 is 0 Å². The molecule has 0 fully saturated rings. The summed E-state index contributed by atoms with van der Waals surface area (Å²) >= 11 is 5.77. The van der Waals surface area contributed by atoms with Crippen molar-refractivity contribution in [1.29, 1.82) is 0 Å². The number of likely N-dealkylation sites (N-methyl/N-ethyl adjacent to an activating group) is 1. The van der Waals surface area contributed by atoms with E-state index in [0.717, 1.165) is 12.8 Å². The molecule has 0 aromatic heterocycles. The minimum atomic E-state index is -0.386. The van der Waals surface area contributed by atoms with Crippen LogP contribution in [-0.4, -0.2) is 37.0 Å². The maximum Gasteiger partial charge on any atom is 0.325 e.